The molecule has 0 bridgehead atoms. The van der Waals surface area contributed by atoms with Crippen LogP contribution in [0, 0.1) is 11.8 Å². The van der Waals surface area contributed by atoms with E-state index in [1.807, 2.05) is 11.0 Å². The Labute approximate surface area is 191 Å². The molecular formula is C25H26N6O2. The number of nitrogens with two attached hydrogens (primary N) is 1. The Hall–Kier alpha value is -3.68. The second kappa shape index (κ2) is 7.72. The Morgan fingerprint density at radius 3 is 2.70 bits per heavy atom. The fraction of sp³-hybridized carbons (Fsp3) is 0.360. The van der Waals surface area contributed by atoms with Gasteiger partial charge in [-0.3, -0.25) is 14.3 Å². The predicted octanol–water partition coefficient (Wildman–Crippen LogP) is 2.30. The summed E-state index contributed by atoms with van der Waals surface area (Å²) in [5, 5.41) is 7.47. The number of hydrogen-bond acceptors (Lipinski definition) is 5. The Morgan fingerprint density at radius 1 is 1.15 bits per heavy atom. The van der Waals surface area contributed by atoms with Crippen molar-refractivity contribution in [1.82, 2.24) is 25.0 Å². The van der Waals surface area contributed by atoms with Crippen LogP contribution in [0.1, 0.15) is 51.5 Å². The van der Waals surface area contributed by atoms with E-state index in [0.29, 0.717) is 42.2 Å². The molecule has 3 atom stereocenters. The first kappa shape index (κ1) is 20.0. The van der Waals surface area contributed by atoms with Crippen LogP contribution in [0.3, 0.4) is 0 Å². The maximum atomic E-state index is 12.8. The van der Waals surface area contributed by atoms with E-state index in [9.17, 15) is 9.59 Å². The summed E-state index contributed by atoms with van der Waals surface area (Å²) in [6.45, 7) is 2.17. The van der Waals surface area contributed by atoms with Crippen molar-refractivity contribution in [2.75, 3.05) is 12.3 Å². The fourth-order valence-electron chi connectivity index (χ4n) is 5.19. The maximum Gasteiger partial charge on any atom is 0.254 e. The number of likely N-dealkylation sites (tertiary alicyclic amines) is 1. The summed E-state index contributed by atoms with van der Waals surface area (Å²) in [4.78, 5) is 31.1. The minimum absolute atomic E-state index is 0.0536. The highest BCUT2D eigenvalue weighted by Gasteiger charge is 2.51. The third-order valence-electron chi connectivity index (χ3n) is 7.13. The van der Waals surface area contributed by atoms with E-state index in [2.05, 4.69) is 39.7 Å². The lowest BCUT2D eigenvalue weighted by atomic mass is 10.1. The van der Waals surface area contributed by atoms with E-state index >= 15 is 0 Å². The fourth-order valence-corrected chi connectivity index (χ4v) is 5.19. The summed E-state index contributed by atoms with van der Waals surface area (Å²) >= 11 is 0. The van der Waals surface area contributed by atoms with E-state index in [1.165, 1.54) is 0 Å². The lowest BCUT2D eigenvalue weighted by Crippen LogP contribution is -2.27. The number of fused-ring (bicyclic) bond motifs is 2. The zero-order chi connectivity index (χ0) is 22.5. The van der Waals surface area contributed by atoms with Gasteiger partial charge in [-0.1, -0.05) is 24.3 Å². The molecule has 3 N–H and O–H groups in total. The van der Waals surface area contributed by atoms with Crippen LogP contribution in [-0.4, -0.2) is 38.0 Å². The van der Waals surface area contributed by atoms with Crippen LogP contribution in [-0.2, 0) is 24.3 Å². The van der Waals surface area contributed by atoms with Crippen LogP contribution in [0.15, 0.2) is 48.9 Å². The number of carbonyl (C=O) groups excluding carboxylic acids is 2. The number of nitrogens with one attached hydrogen (secondary N) is 1. The molecular weight excluding hydrogens is 416 g/mol. The van der Waals surface area contributed by atoms with Crippen molar-refractivity contribution in [1.29, 1.82) is 0 Å². The van der Waals surface area contributed by atoms with Crippen molar-refractivity contribution in [3.63, 3.8) is 0 Å². The van der Waals surface area contributed by atoms with Gasteiger partial charge in [0.05, 0.1) is 24.3 Å². The monoisotopic (exact) mass is 442 g/mol. The highest BCUT2D eigenvalue weighted by Crippen LogP contribution is 2.46. The van der Waals surface area contributed by atoms with Gasteiger partial charge in [-0.05, 0) is 53.5 Å². The molecule has 8 heteroatoms. The number of pyridine rings is 1. The minimum Gasteiger partial charge on any atom is -0.383 e. The van der Waals surface area contributed by atoms with E-state index in [4.69, 9.17) is 5.73 Å². The van der Waals surface area contributed by atoms with Crippen molar-refractivity contribution in [3.8, 4) is 0 Å². The molecule has 0 radical (unpaired) electrons. The van der Waals surface area contributed by atoms with Crippen molar-refractivity contribution in [2.24, 2.45) is 11.8 Å². The molecule has 8 nitrogen and oxygen atoms in total. The molecule has 3 aliphatic rings. The summed E-state index contributed by atoms with van der Waals surface area (Å²) in [5.74, 6) is 1.62. The topological polar surface area (TPSA) is 106 Å². The SMILES string of the molecule is Nc1nccc2c1CCC2NC(=O)c1cnn(Cc2ccc(CN3C[C@@H]4C[C@@H]4C3=O)cc2)c1. The second-order valence-corrected chi connectivity index (χ2v) is 9.39. The van der Waals surface area contributed by atoms with Crippen LogP contribution >= 0.6 is 0 Å². The standard InChI is InChI=1S/C25H26N6O2/c26-23-20-5-6-22(19(20)7-8-27-23)29-24(32)18-10-28-31(14-18)12-16-3-1-15(2-4-16)11-30-13-17-9-21(17)25(30)33/h1-4,7-8,10,14,17,21-22H,5-6,9,11-13H2,(H2,26,27)(H,29,32)/t17-,21-,22?/m0/s1. The van der Waals surface area contributed by atoms with E-state index in [1.54, 1.807) is 23.3 Å². The molecule has 2 aromatic heterocycles. The average molecular weight is 443 g/mol. The minimum atomic E-state index is -0.141. The quantitative estimate of drug-likeness (QED) is 0.609. The average Bonchev–Trinajstić information content (AvgIpc) is 3.10. The Balaban J connectivity index is 1.06. The van der Waals surface area contributed by atoms with Crippen molar-refractivity contribution in [2.45, 2.75) is 38.4 Å². The molecule has 3 aromatic rings. The number of nitrogens with zero attached hydrogens (tertiary/aromatic N) is 4. The third-order valence-corrected chi connectivity index (χ3v) is 7.13. The maximum absolute atomic E-state index is 12.8. The van der Waals surface area contributed by atoms with Gasteiger partial charge in [0.2, 0.25) is 5.91 Å². The molecule has 1 aromatic carbocycles. The Bertz CT molecular complexity index is 1230. The van der Waals surface area contributed by atoms with E-state index < -0.39 is 0 Å². The lowest BCUT2D eigenvalue weighted by molar-refractivity contribution is -0.130. The smallest absolute Gasteiger partial charge is 0.254 e. The van der Waals surface area contributed by atoms with Gasteiger partial charge in [0, 0.05) is 31.4 Å². The van der Waals surface area contributed by atoms with Gasteiger partial charge in [-0.2, -0.15) is 5.10 Å². The number of amides is 2. The summed E-state index contributed by atoms with van der Waals surface area (Å²) in [5.41, 5.74) is 10.8. The summed E-state index contributed by atoms with van der Waals surface area (Å²) in [6, 6.07) is 10.1. The molecule has 2 aliphatic carbocycles. The van der Waals surface area contributed by atoms with Crippen LogP contribution in [0.5, 0.6) is 0 Å². The van der Waals surface area contributed by atoms with E-state index in [-0.39, 0.29) is 11.9 Å². The molecule has 0 spiro atoms. The van der Waals surface area contributed by atoms with Crippen molar-refractivity contribution < 1.29 is 9.59 Å². The Morgan fingerprint density at radius 2 is 1.94 bits per heavy atom. The molecule has 2 amide bonds. The first-order valence-electron chi connectivity index (χ1n) is 11.5. The number of nitrogen functional groups attached to an aromatic ring is 1. The molecule has 2 fully saturated rings. The first-order valence-corrected chi connectivity index (χ1v) is 11.5. The molecule has 1 saturated heterocycles. The van der Waals surface area contributed by atoms with Crippen LogP contribution in [0.25, 0.3) is 0 Å². The van der Waals surface area contributed by atoms with E-state index in [0.717, 1.165) is 48.1 Å². The van der Waals surface area contributed by atoms with Gasteiger partial charge in [0.1, 0.15) is 5.82 Å². The zero-order valence-electron chi connectivity index (χ0n) is 18.3. The predicted molar refractivity (Wildman–Crippen MR) is 122 cm³/mol. The van der Waals surface area contributed by atoms with Gasteiger partial charge < -0.3 is 16.0 Å². The number of anilines is 1. The number of benzene rings is 1. The first-order chi connectivity index (χ1) is 16.0. The number of hydrogen-bond donors (Lipinski definition) is 2. The molecule has 1 saturated carbocycles. The largest absolute Gasteiger partial charge is 0.383 e. The summed E-state index contributed by atoms with van der Waals surface area (Å²) < 4.78 is 1.77. The summed E-state index contributed by atoms with van der Waals surface area (Å²) in [6.07, 6.45) is 7.79. The molecule has 1 aliphatic heterocycles. The third kappa shape index (κ3) is 3.75. The van der Waals surface area contributed by atoms with Gasteiger partial charge in [0.25, 0.3) is 5.91 Å². The highest BCUT2D eigenvalue weighted by atomic mass is 16.2. The highest BCUT2D eigenvalue weighted by molar-refractivity contribution is 5.94. The molecule has 1 unspecified atom stereocenters. The second-order valence-electron chi connectivity index (χ2n) is 9.39. The summed E-state index contributed by atoms with van der Waals surface area (Å²) in [7, 11) is 0. The normalized spacial score (nSPS) is 22.8. The number of aromatic nitrogens is 3. The Kier molecular flexibility index (Phi) is 4.67. The van der Waals surface area contributed by atoms with Crippen molar-refractivity contribution in [3.05, 3.63) is 76.7 Å². The van der Waals surface area contributed by atoms with Gasteiger partial charge in [-0.15, -0.1) is 0 Å². The number of carbonyl (C=O) groups is 2. The molecule has 6 rings (SSSR count). The van der Waals surface area contributed by atoms with Gasteiger partial charge in [0.15, 0.2) is 0 Å². The van der Waals surface area contributed by atoms with Crippen molar-refractivity contribution >= 4 is 17.6 Å². The number of piperidine rings is 1. The number of rotatable bonds is 6. The van der Waals surface area contributed by atoms with Gasteiger partial charge in [-0.25, -0.2) is 4.98 Å². The van der Waals surface area contributed by atoms with Crippen LogP contribution in [0.4, 0.5) is 5.82 Å². The zero-order valence-corrected chi connectivity index (χ0v) is 18.3. The van der Waals surface area contributed by atoms with Crippen LogP contribution in [0.2, 0.25) is 0 Å². The lowest BCUT2D eigenvalue weighted by Gasteiger charge is -2.18. The molecule has 3 heterocycles. The molecule has 168 valence electrons. The van der Waals surface area contributed by atoms with Gasteiger partial charge >= 0.3 is 0 Å². The molecule has 33 heavy (non-hydrogen) atoms. The van der Waals surface area contributed by atoms with Crippen LogP contribution < -0.4 is 11.1 Å².